The van der Waals surface area contributed by atoms with Crippen molar-refractivity contribution in [2.24, 2.45) is 0 Å². The van der Waals surface area contributed by atoms with Gasteiger partial charge >= 0.3 is 0 Å². The molecule has 2 aromatic carbocycles. The normalized spacial score (nSPS) is 12.6. The molecule has 0 unspecified atom stereocenters. The van der Waals surface area contributed by atoms with Crippen LogP contribution in [0, 0.1) is 19.7 Å². The van der Waals surface area contributed by atoms with Gasteiger partial charge in [0.05, 0.1) is 11.0 Å². The lowest BCUT2D eigenvalue weighted by molar-refractivity contribution is 0.218. The van der Waals surface area contributed by atoms with Crippen LogP contribution >= 0.6 is 0 Å². The zero-order chi connectivity index (χ0) is 15.0. The first-order chi connectivity index (χ1) is 10.0. The van der Waals surface area contributed by atoms with Crippen molar-refractivity contribution in [3.05, 3.63) is 59.2 Å². The van der Waals surface area contributed by atoms with Crippen LogP contribution < -0.4 is 4.74 Å². The van der Waals surface area contributed by atoms with E-state index in [9.17, 15) is 4.39 Å². The Labute approximate surface area is 122 Å². The Morgan fingerprint density at radius 1 is 1.10 bits per heavy atom. The van der Waals surface area contributed by atoms with E-state index in [0.29, 0.717) is 11.3 Å². The Morgan fingerprint density at radius 3 is 2.67 bits per heavy atom. The number of hydrogen-bond donors (Lipinski definition) is 1. The molecule has 1 aromatic heterocycles. The van der Waals surface area contributed by atoms with Gasteiger partial charge in [0.25, 0.3) is 0 Å². The van der Waals surface area contributed by atoms with Crippen LogP contribution in [0.2, 0.25) is 0 Å². The molecule has 0 amide bonds. The lowest BCUT2D eigenvalue weighted by Crippen LogP contribution is -2.05. The van der Waals surface area contributed by atoms with Crippen molar-refractivity contribution in [2.45, 2.75) is 26.9 Å². The van der Waals surface area contributed by atoms with E-state index < -0.39 is 0 Å². The molecule has 1 N–H and O–H groups in total. The second kappa shape index (κ2) is 5.20. The molecule has 1 heterocycles. The van der Waals surface area contributed by atoms with Gasteiger partial charge in [0.1, 0.15) is 17.4 Å². The predicted molar refractivity (Wildman–Crippen MR) is 81.0 cm³/mol. The third kappa shape index (κ3) is 2.75. The molecule has 0 aliphatic rings. The van der Waals surface area contributed by atoms with E-state index in [4.69, 9.17) is 4.74 Å². The first-order valence-electron chi connectivity index (χ1n) is 6.92. The number of halogens is 1. The highest BCUT2D eigenvalue weighted by Gasteiger charge is 2.13. The summed E-state index contributed by atoms with van der Waals surface area (Å²) in [7, 11) is 0. The smallest absolute Gasteiger partial charge is 0.153 e. The first-order valence-corrected chi connectivity index (χ1v) is 6.92. The third-order valence-electron chi connectivity index (χ3n) is 3.64. The molecule has 0 bridgehead atoms. The monoisotopic (exact) mass is 284 g/mol. The number of aromatic amines is 1. The second-order valence-electron chi connectivity index (χ2n) is 5.29. The molecule has 0 aliphatic heterocycles. The molecule has 1 atom stereocenters. The van der Waals surface area contributed by atoms with E-state index in [1.54, 1.807) is 6.07 Å². The van der Waals surface area contributed by atoms with Crippen LogP contribution in [-0.2, 0) is 0 Å². The summed E-state index contributed by atoms with van der Waals surface area (Å²) in [5.41, 5.74) is 3.84. The maximum absolute atomic E-state index is 13.2. The van der Waals surface area contributed by atoms with Crippen molar-refractivity contribution in [2.75, 3.05) is 0 Å². The van der Waals surface area contributed by atoms with E-state index in [2.05, 4.69) is 23.8 Å². The fraction of sp³-hybridized carbons (Fsp3) is 0.235. The van der Waals surface area contributed by atoms with Gasteiger partial charge in [-0.05, 0) is 62.2 Å². The quantitative estimate of drug-likeness (QED) is 0.771. The fourth-order valence-electron chi connectivity index (χ4n) is 2.24. The zero-order valence-electron chi connectivity index (χ0n) is 12.3. The van der Waals surface area contributed by atoms with Crippen molar-refractivity contribution < 1.29 is 9.13 Å². The van der Waals surface area contributed by atoms with Crippen molar-refractivity contribution in [3.63, 3.8) is 0 Å². The summed E-state index contributed by atoms with van der Waals surface area (Å²) in [6, 6.07) is 10.5. The van der Waals surface area contributed by atoms with E-state index in [1.807, 2.05) is 25.1 Å². The van der Waals surface area contributed by atoms with Gasteiger partial charge in [-0.15, -0.1) is 0 Å². The number of fused-ring (bicyclic) bond motifs is 1. The van der Waals surface area contributed by atoms with Crippen LogP contribution in [0.25, 0.3) is 11.0 Å². The van der Waals surface area contributed by atoms with Crippen LogP contribution in [0.3, 0.4) is 0 Å². The minimum atomic E-state index is -0.277. The zero-order valence-corrected chi connectivity index (χ0v) is 12.3. The highest BCUT2D eigenvalue weighted by Crippen LogP contribution is 2.24. The van der Waals surface area contributed by atoms with Crippen molar-refractivity contribution in [3.8, 4) is 5.75 Å². The summed E-state index contributed by atoms with van der Waals surface area (Å²) < 4.78 is 19.1. The SMILES string of the molecule is Cc1ccc(O[C@@H](C)c2nc3ccc(F)cc3[nH]2)cc1C. The van der Waals surface area contributed by atoms with E-state index in [-0.39, 0.29) is 11.9 Å². The average molecular weight is 284 g/mol. The maximum atomic E-state index is 13.2. The maximum Gasteiger partial charge on any atom is 0.153 e. The van der Waals surface area contributed by atoms with Crippen molar-refractivity contribution in [1.29, 1.82) is 0 Å². The summed E-state index contributed by atoms with van der Waals surface area (Å²) in [5.74, 6) is 1.21. The molecule has 4 heteroatoms. The molecular formula is C17H17FN2O. The Bertz CT molecular complexity index is 795. The molecule has 0 saturated carbocycles. The number of ether oxygens (including phenoxy) is 1. The topological polar surface area (TPSA) is 37.9 Å². The summed E-state index contributed by atoms with van der Waals surface area (Å²) in [4.78, 5) is 7.55. The Balaban J connectivity index is 1.85. The van der Waals surface area contributed by atoms with Crippen LogP contribution in [0.15, 0.2) is 36.4 Å². The molecule has 0 saturated heterocycles. The van der Waals surface area contributed by atoms with Crippen molar-refractivity contribution in [1.82, 2.24) is 9.97 Å². The molecule has 3 aromatic rings. The molecule has 3 rings (SSSR count). The number of nitrogens with zero attached hydrogens (tertiary/aromatic N) is 1. The lowest BCUT2D eigenvalue weighted by atomic mass is 10.1. The van der Waals surface area contributed by atoms with E-state index in [0.717, 1.165) is 11.3 Å². The highest BCUT2D eigenvalue weighted by molar-refractivity contribution is 5.75. The Kier molecular flexibility index (Phi) is 3.37. The second-order valence-corrected chi connectivity index (χ2v) is 5.29. The fourth-order valence-corrected chi connectivity index (χ4v) is 2.24. The molecule has 108 valence electrons. The standard InChI is InChI=1S/C17H17FN2O/c1-10-4-6-14(8-11(10)2)21-12(3)17-19-15-7-5-13(18)9-16(15)20-17/h4-9,12H,1-3H3,(H,19,20)/t12-/m0/s1. The van der Waals surface area contributed by atoms with Crippen LogP contribution in [0.1, 0.15) is 30.0 Å². The number of H-pyrrole nitrogens is 1. The number of imidazole rings is 1. The van der Waals surface area contributed by atoms with Crippen LogP contribution in [0.5, 0.6) is 5.75 Å². The van der Waals surface area contributed by atoms with Gasteiger partial charge in [0.15, 0.2) is 6.10 Å². The number of aromatic nitrogens is 2. The van der Waals surface area contributed by atoms with Gasteiger partial charge in [-0.2, -0.15) is 0 Å². The minimum absolute atomic E-state index is 0.234. The lowest BCUT2D eigenvalue weighted by Gasteiger charge is -2.13. The predicted octanol–water partition coefficient (Wildman–Crippen LogP) is 4.46. The molecule has 3 nitrogen and oxygen atoms in total. The molecule has 0 aliphatic carbocycles. The summed E-state index contributed by atoms with van der Waals surface area (Å²) in [5, 5.41) is 0. The molecule has 0 fully saturated rings. The minimum Gasteiger partial charge on any atom is -0.483 e. The Morgan fingerprint density at radius 2 is 1.90 bits per heavy atom. The van der Waals surface area contributed by atoms with Gasteiger partial charge in [-0.25, -0.2) is 9.37 Å². The summed E-state index contributed by atoms with van der Waals surface area (Å²) in [6.45, 7) is 6.04. The molecular weight excluding hydrogens is 267 g/mol. The van der Waals surface area contributed by atoms with Gasteiger partial charge in [0.2, 0.25) is 0 Å². The number of aryl methyl sites for hydroxylation is 2. The van der Waals surface area contributed by atoms with Gasteiger partial charge in [-0.3, -0.25) is 0 Å². The molecule has 0 spiro atoms. The van der Waals surface area contributed by atoms with Gasteiger partial charge < -0.3 is 9.72 Å². The number of hydrogen-bond acceptors (Lipinski definition) is 2. The highest BCUT2D eigenvalue weighted by atomic mass is 19.1. The van der Waals surface area contributed by atoms with Crippen LogP contribution in [-0.4, -0.2) is 9.97 Å². The summed E-state index contributed by atoms with van der Waals surface area (Å²) in [6.07, 6.45) is -0.234. The molecule has 0 radical (unpaired) electrons. The number of nitrogens with one attached hydrogen (secondary N) is 1. The third-order valence-corrected chi connectivity index (χ3v) is 3.64. The van der Waals surface area contributed by atoms with Crippen molar-refractivity contribution >= 4 is 11.0 Å². The Hall–Kier alpha value is -2.36. The van der Waals surface area contributed by atoms with Gasteiger partial charge in [0, 0.05) is 0 Å². The van der Waals surface area contributed by atoms with E-state index in [1.165, 1.54) is 23.3 Å². The first kappa shape index (κ1) is 13.6. The largest absolute Gasteiger partial charge is 0.483 e. The van der Waals surface area contributed by atoms with Crippen LogP contribution in [0.4, 0.5) is 4.39 Å². The number of benzene rings is 2. The number of rotatable bonds is 3. The summed E-state index contributed by atoms with van der Waals surface area (Å²) >= 11 is 0. The van der Waals surface area contributed by atoms with E-state index >= 15 is 0 Å². The molecule has 21 heavy (non-hydrogen) atoms. The van der Waals surface area contributed by atoms with Gasteiger partial charge in [-0.1, -0.05) is 6.07 Å². The average Bonchev–Trinajstić information content (AvgIpc) is 2.86.